The summed E-state index contributed by atoms with van der Waals surface area (Å²) < 4.78 is 11.1. The van der Waals surface area contributed by atoms with Crippen molar-refractivity contribution in [3.8, 4) is 0 Å². The second-order valence-electron chi connectivity index (χ2n) is 5.70. The first-order valence-corrected chi connectivity index (χ1v) is 6.68. The molecule has 0 bridgehead atoms. The molecular weight excluding hydrogens is 216 g/mol. The van der Waals surface area contributed by atoms with Crippen molar-refractivity contribution in [1.82, 2.24) is 0 Å². The molecule has 2 aliphatic heterocycles. The van der Waals surface area contributed by atoms with Crippen LogP contribution in [-0.2, 0) is 14.3 Å². The molecule has 2 fully saturated rings. The molecule has 3 nitrogen and oxygen atoms in total. The zero-order valence-electron chi connectivity index (χ0n) is 10.5. The normalized spacial score (nSPS) is 48.5. The first kappa shape index (κ1) is 11.3. The lowest BCUT2D eigenvalue weighted by atomic mass is 9.85. The van der Waals surface area contributed by atoms with Gasteiger partial charge in [0.2, 0.25) is 0 Å². The Kier molecular flexibility index (Phi) is 2.74. The molecule has 2 saturated heterocycles. The lowest BCUT2D eigenvalue weighted by Crippen LogP contribution is -2.19. The quantitative estimate of drug-likeness (QED) is 0.368. The van der Waals surface area contributed by atoms with Crippen LogP contribution in [0, 0.1) is 11.8 Å². The summed E-state index contributed by atoms with van der Waals surface area (Å²) >= 11 is 0. The largest absolute Gasteiger partial charge is 0.458 e. The molecule has 0 radical (unpaired) electrons. The van der Waals surface area contributed by atoms with Gasteiger partial charge >= 0.3 is 5.97 Å². The molecule has 3 heteroatoms. The van der Waals surface area contributed by atoms with Gasteiger partial charge in [0.25, 0.3) is 0 Å². The number of allylic oxidation sites excluding steroid dienone is 1. The van der Waals surface area contributed by atoms with Gasteiger partial charge in [0, 0.05) is 5.92 Å². The van der Waals surface area contributed by atoms with E-state index in [1.807, 2.05) is 6.92 Å². The van der Waals surface area contributed by atoms with E-state index >= 15 is 0 Å². The van der Waals surface area contributed by atoms with Gasteiger partial charge in [-0.05, 0) is 38.7 Å². The van der Waals surface area contributed by atoms with Gasteiger partial charge in [-0.1, -0.05) is 12.5 Å². The van der Waals surface area contributed by atoms with Crippen LogP contribution in [0.1, 0.15) is 39.5 Å². The number of carbonyl (C=O) groups excluding carboxylic acids is 1. The molecule has 1 aliphatic carbocycles. The van der Waals surface area contributed by atoms with Gasteiger partial charge in [-0.2, -0.15) is 0 Å². The van der Waals surface area contributed by atoms with E-state index in [0.717, 1.165) is 25.7 Å². The highest BCUT2D eigenvalue weighted by Gasteiger charge is 2.44. The van der Waals surface area contributed by atoms with Crippen molar-refractivity contribution in [2.24, 2.45) is 11.8 Å². The molecular formula is C14H20O3. The fourth-order valence-electron chi connectivity index (χ4n) is 3.14. The van der Waals surface area contributed by atoms with Gasteiger partial charge < -0.3 is 9.47 Å². The molecule has 0 aromatic heterocycles. The van der Waals surface area contributed by atoms with Crippen LogP contribution in [0.25, 0.3) is 0 Å². The van der Waals surface area contributed by atoms with Crippen LogP contribution in [0.5, 0.6) is 0 Å². The van der Waals surface area contributed by atoms with E-state index in [2.05, 4.69) is 13.0 Å². The number of hydrogen-bond donors (Lipinski definition) is 0. The Labute approximate surface area is 102 Å². The average molecular weight is 236 g/mol. The highest BCUT2D eigenvalue weighted by molar-refractivity contribution is 5.75. The van der Waals surface area contributed by atoms with Crippen molar-refractivity contribution < 1.29 is 14.3 Å². The molecule has 0 aromatic carbocycles. The predicted molar refractivity (Wildman–Crippen MR) is 63.4 cm³/mol. The van der Waals surface area contributed by atoms with Crippen LogP contribution in [0.2, 0.25) is 0 Å². The van der Waals surface area contributed by atoms with Crippen LogP contribution >= 0.6 is 0 Å². The average Bonchev–Trinajstić information content (AvgIpc) is 2.99. The Morgan fingerprint density at radius 2 is 2.00 bits per heavy atom. The Morgan fingerprint density at radius 1 is 1.24 bits per heavy atom. The molecule has 3 rings (SSSR count). The molecule has 0 aromatic rings. The van der Waals surface area contributed by atoms with E-state index in [-0.39, 0.29) is 18.0 Å². The van der Waals surface area contributed by atoms with E-state index in [1.54, 1.807) is 0 Å². The van der Waals surface area contributed by atoms with Crippen LogP contribution < -0.4 is 0 Å². The van der Waals surface area contributed by atoms with E-state index in [0.29, 0.717) is 18.1 Å². The first-order valence-electron chi connectivity index (χ1n) is 6.68. The maximum Gasteiger partial charge on any atom is 0.309 e. The Hall–Kier alpha value is -0.830. The van der Waals surface area contributed by atoms with E-state index in [4.69, 9.17) is 9.47 Å². The summed E-state index contributed by atoms with van der Waals surface area (Å²) in [5.74, 6) is 0.359. The number of hydrogen-bond acceptors (Lipinski definition) is 3. The maximum absolute atomic E-state index is 11.7. The standard InChI is InChI=1S/C14H20O3/c1-8-3-5-11-12(16-11)6-4-10-9(2)14(15)17-13(10)7-8/h7,9-13H,3-6H2,1-2H3/b8-7-/t9?,10?,11?,12?,13-/m0/s1. The third-order valence-electron chi connectivity index (χ3n) is 4.43. The smallest absolute Gasteiger partial charge is 0.309 e. The third kappa shape index (κ3) is 2.13. The SMILES string of the molecule is C/C1=C/[C@@H]2OC(=O)C(C)C2CCC2OC2CC1. The zero-order chi connectivity index (χ0) is 12.0. The minimum Gasteiger partial charge on any atom is -0.458 e. The lowest BCUT2D eigenvalue weighted by molar-refractivity contribution is -0.142. The third-order valence-corrected chi connectivity index (χ3v) is 4.43. The minimum atomic E-state index is -0.0310. The van der Waals surface area contributed by atoms with Crippen molar-refractivity contribution in [3.05, 3.63) is 11.6 Å². The van der Waals surface area contributed by atoms with Crippen molar-refractivity contribution in [2.75, 3.05) is 0 Å². The lowest BCUT2D eigenvalue weighted by Gasteiger charge is -2.18. The molecule has 17 heavy (non-hydrogen) atoms. The molecule has 3 aliphatic rings. The Bertz CT molecular complexity index is 360. The number of ether oxygens (including phenoxy) is 2. The second kappa shape index (κ2) is 4.13. The van der Waals surface area contributed by atoms with E-state index < -0.39 is 0 Å². The monoisotopic (exact) mass is 236 g/mol. The highest BCUT2D eigenvalue weighted by atomic mass is 16.6. The molecule has 4 unspecified atom stereocenters. The van der Waals surface area contributed by atoms with Gasteiger partial charge in [0.1, 0.15) is 6.10 Å². The highest BCUT2D eigenvalue weighted by Crippen LogP contribution is 2.39. The summed E-state index contributed by atoms with van der Waals surface area (Å²) in [6.07, 6.45) is 7.40. The number of fused-ring (bicyclic) bond motifs is 2. The summed E-state index contributed by atoms with van der Waals surface area (Å²) in [5.41, 5.74) is 1.33. The van der Waals surface area contributed by atoms with Crippen molar-refractivity contribution in [3.63, 3.8) is 0 Å². The molecule has 0 amide bonds. The fraction of sp³-hybridized carbons (Fsp3) is 0.786. The van der Waals surface area contributed by atoms with Gasteiger partial charge in [-0.15, -0.1) is 0 Å². The van der Waals surface area contributed by atoms with Crippen molar-refractivity contribution >= 4 is 5.97 Å². The van der Waals surface area contributed by atoms with Crippen LogP contribution in [0.3, 0.4) is 0 Å². The first-order chi connectivity index (χ1) is 8.15. The number of esters is 1. The van der Waals surface area contributed by atoms with Gasteiger partial charge in [-0.3, -0.25) is 4.79 Å². The zero-order valence-corrected chi connectivity index (χ0v) is 10.5. The van der Waals surface area contributed by atoms with E-state index in [1.165, 1.54) is 5.57 Å². The minimum absolute atomic E-state index is 0.00722. The molecule has 94 valence electrons. The second-order valence-corrected chi connectivity index (χ2v) is 5.70. The summed E-state index contributed by atoms with van der Waals surface area (Å²) in [5, 5.41) is 0. The predicted octanol–water partition coefficient (Wildman–Crippen LogP) is 2.45. The van der Waals surface area contributed by atoms with Gasteiger partial charge in [-0.25, -0.2) is 0 Å². The number of rotatable bonds is 0. The molecule has 0 spiro atoms. The van der Waals surface area contributed by atoms with Crippen LogP contribution in [0.4, 0.5) is 0 Å². The Balaban J connectivity index is 1.80. The molecule has 0 N–H and O–H groups in total. The van der Waals surface area contributed by atoms with E-state index in [9.17, 15) is 4.79 Å². The topological polar surface area (TPSA) is 38.8 Å². The fourth-order valence-corrected chi connectivity index (χ4v) is 3.14. The molecule has 0 saturated carbocycles. The summed E-state index contributed by atoms with van der Waals surface area (Å²) in [6.45, 7) is 4.13. The number of carbonyl (C=O) groups is 1. The van der Waals surface area contributed by atoms with Crippen LogP contribution in [-0.4, -0.2) is 24.3 Å². The van der Waals surface area contributed by atoms with Crippen LogP contribution in [0.15, 0.2) is 11.6 Å². The van der Waals surface area contributed by atoms with Crippen molar-refractivity contribution in [1.29, 1.82) is 0 Å². The van der Waals surface area contributed by atoms with Gasteiger partial charge in [0.05, 0.1) is 18.1 Å². The summed E-state index contributed by atoms with van der Waals surface area (Å²) in [7, 11) is 0. The number of epoxide rings is 1. The van der Waals surface area contributed by atoms with Gasteiger partial charge in [0.15, 0.2) is 0 Å². The maximum atomic E-state index is 11.7. The van der Waals surface area contributed by atoms with Crippen molar-refractivity contribution in [2.45, 2.75) is 57.8 Å². The molecule has 5 atom stereocenters. The Morgan fingerprint density at radius 3 is 2.82 bits per heavy atom. The summed E-state index contributed by atoms with van der Waals surface area (Å²) in [6, 6.07) is 0. The summed E-state index contributed by atoms with van der Waals surface area (Å²) in [4.78, 5) is 11.7. The molecule has 2 heterocycles.